The summed E-state index contributed by atoms with van der Waals surface area (Å²) in [6.45, 7) is 6.38. The summed E-state index contributed by atoms with van der Waals surface area (Å²) in [4.78, 5) is 18.5. The van der Waals surface area contributed by atoms with E-state index in [9.17, 15) is 4.79 Å². The highest BCUT2D eigenvalue weighted by Crippen LogP contribution is 2.39. The van der Waals surface area contributed by atoms with E-state index < -0.39 is 6.09 Å². The van der Waals surface area contributed by atoms with Crippen molar-refractivity contribution in [1.82, 2.24) is 5.06 Å². The summed E-state index contributed by atoms with van der Waals surface area (Å²) in [6, 6.07) is 19.1. The number of nitrogens with zero attached hydrogens (tertiary/aromatic N) is 1. The Kier molecular flexibility index (Phi) is 4.79. The summed E-state index contributed by atoms with van der Waals surface area (Å²) in [5.41, 5.74) is 1.73. The molecule has 1 heterocycles. The SMILES string of the molecule is CC(C)(C)C1=CC(c2ccccc2)N(C(=O)OCc2ccccc2)O1. The highest BCUT2D eigenvalue weighted by atomic mass is 16.7. The van der Waals surface area contributed by atoms with Gasteiger partial charge in [0.15, 0.2) is 0 Å². The Labute approximate surface area is 148 Å². The van der Waals surface area contributed by atoms with Crippen molar-refractivity contribution in [3.05, 3.63) is 83.6 Å². The van der Waals surface area contributed by atoms with Gasteiger partial charge in [0.2, 0.25) is 0 Å². The lowest BCUT2D eigenvalue weighted by molar-refractivity contribution is -0.112. The Morgan fingerprint density at radius 1 is 1.04 bits per heavy atom. The number of carbonyl (C=O) groups excluding carboxylic acids is 1. The van der Waals surface area contributed by atoms with Gasteiger partial charge in [0.25, 0.3) is 0 Å². The van der Waals surface area contributed by atoms with Gasteiger partial charge in [-0.2, -0.15) is 0 Å². The first kappa shape index (κ1) is 17.1. The summed E-state index contributed by atoms with van der Waals surface area (Å²) in [5, 5.41) is 1.32. The van der Waals surface area contributed by atoms with E-state index in [4.69, 9.17) is 9.57 Å². The maximum atomic E-state index is 12.6. The van der Waals surface area contributed by atoms with Gasteiger partial charge in [-0.3, -0.25) is 0 Å². The first-order chi connectivity index (χ1) is 11.9. The lowest BCUT2D eigenvalue weighted by Gasteiger charge is -2.25. The van der Waals surface area contributed by atoms with E-state index in [-0.39, 0.29) is 18.1 Å². The van der Waals surface area contributed by atoms with Gasteiger partial charge in [-0.25, -0.2) is 4.79 Å². The summed E-state index contributed by atoms with van der Waals surface area (Å²) in [6.07, 6.45) is 1.49. The van der Waals surface area contributed by atoms with Crippen LogP contribution in [0.15, 0.2) is 72.5 Å². The Morgan fingerprint density at radius 2 is 1.64 bits per heavy atom. The smallest absolute Gasteiger partial charge is 0.442 e. The van der Waals surface area contributed by atoms with E-state index in [2.05, 4.69) is 20.8 Å². The molecular formula is C21H23NO3. The number of hydroxylamine groups is 2. The number of carbonyl (C=O) groups is 1. The molecule has 3 rings (SSSR count). The van der Waals surface area contributed by atoms with Crippen LogP contribution in [0, 0.1) is 5.41 Å². The summed E-state index contributed by atoms with van der Waals surface area (Å²) < 4.78 is 5.45. The number of ether oxygens (including phenoxy) is 1. The largest absolute Gasteiger partial charge is 0.444 e. The number of hydrogen-bond donors (Lipinski definition) is 0. The van der Waals surface area contributed by atoms with E-state index in [1.165, 1.54) is 5.06 Å². The fourth-order valence-electron chi connectivity index (χ4n) is 2.61. The second kappa shape index (κ2) is 7.01. The molecule has 1 amide bonds. The van der Waals surface area contributed by atoms with Crippen LogP contribution < -0.4 is 0 Å². The first-order valence-electron chi connectivity index (χ1n) is 8.40. The fourth-order valence-corrected chi connectivity index (χ4v) is 2.61. The third-order valence-electron chi connectivity index (χ3n) is 4.02. The average Bonchev–Trinajstić information content (AvgIpc) is 3.07. The van der Waals surface area contributed by atoms with Crippen LogP contribution in [-0.2, 0) is 16.2 Å². The van der Waals surface area contributed by atoms with Crippen LogP contribution in [0.2, 0.25) is 0 Å². The molecule has 0 aliphatic carbocycles. The maximum absolute atomic E-state index is 12.6. The molecule has 4 nitrogen and oxygen atoms in total. The molecule has 1 unspecified atom stereocenters. The third kappa shape index (κ3) is 4.02. The molecule has 0 aromatic heterocycles. The van der Waals surface area contributed by atoms with E-state index in [1.54, 1.807) is 0 Å². The summed E-state index contributed by atoms with van der Waals surface area (Å²) in [5.74, 6) is 0.762. The highest BCUT2D eigenvalue weighted by molar-refractivity contribution is 5.68. The van der Waals surface area contributed by atoms with E-state index in [0.717, 1.165) is 16.9 Å². The molecule has 0 saturated carbocycles. The quantitative estimate of drug-likeness (QED) is 0.768. The Morgan fingerprint density at radius 3 is 2.24 bits per heavy atom. The van der Waals surface area contributed by atoms with E-state index >= 15 is 0 Å². The molecule has 2 aromatic rings. The number of benzene rings is 2. The van der Waals surface area contributed by atoms with Crippen molar-refractivity contribution in [2.45, 2.75) is 33.4 Å². The van der Waals surface area contributed by atoms with Gasteiger partial charge < -0.3 is 9.57 Å². The molecule has 0 bridgehead atoms. The van der Waals surface area contributed by atoms with Crippen LogP contribution >= 0.6 is 0 Å². The Bertz CT molecular complexity index is 748. The van der Waals surface area contributed by atoms with Crippen molar-refractivity contribution in [3.8, 4) is 0 Å². The van der Waals surface area contributed by atoms with Crippen molar-refractivity contribution < 1.29 is 14.4 Å². The molecule has 0 N–H and O–H groups in total. The summed E-state index contributed by atoms with van der Waals surface area (Å²) >= 11 is 0. The predicted molar refractivity (Wildman–Crippen MR) is 96.3 cm³/mol. The lowest BCUT2D eigenvalue weighted by atomic mass is 9.92. The first-order valence-corrected chi connectivity index (χ1v) is 8.40. The normalized spacial score (nSPS) is 17.0. The molecule has 0 saturated heterocycles. The van der Waals surface area contributed by atoms with Gasteiger partial charge in [-0.05, 0) is 17.2 Å². The standard InChI is InChI=1S/C21H23NO3/c1-21(2,3)19-14-18(17-12-8-5-9-13-17)22(25-19)20(23)24-15-16-10-6-4-7-11-16/h4-14,18H,15H2,1-3H3. The third-order valence-corrected chi connectivity index (χ3v) is 4.02. The second-order valence-electron chi connectivity index (χ2n) is 7.09. The molecule has 1 aliphatic heterocycles. The van der Waals surface area contributed by atoms with Gasteiger partial charge in [-0.1, -0.05) is 81.4 Å². The van der Waals surface area contributed by atoms with Crippen molar-refractivity contribution in [2.75, 3.05) is 0 Å². The number of allylic oxidation sites excluding steroid dienone is 1. The van der Waals surface area contributed by atoms with Crippen molar-refractivity contribution >= 4 is 6.09 Å². The van der Waals surface area contributed by atoms with Crippen LogP contribution in [-0.4, -0.2) is 11.2 Å². The molecule has 0 fully saturated rings. The zero-order chi connectivity index (χ0) is 17.9. The fraction of sp³-hybridized carbons (Fsp3) is 0.286. The average molecular weight is 337 g/mol. The van der Waals surface area contributed by atoms with Crippen LogP contribution in [0.1, 0.15) is 37.9 Å². The van der Waals surface area contributed by atoms with Gasteiger partial charge in [0.1, 0.15) is 18.4 Å². The minimum Gasteiger partial charge on any atom is -0.442 e. The van der Waals surface area contributed by atoms with Crippen LogP contribution in [0.4, 0.5) is 4.79 Å². The Balaban J connectivity index is 1.77. The van der Waals surface area contributed by atoms with E-state index in [1.807, 2.05) is 66.7 Å². The Hall–Kier alpha value is -2.75. The molecular weight excluding hydrogens is 314 g/mol. The zero-order valence-corrected chi connectivity index (χ0v) is 14.8. The lowest BCUT2D eigenvalue weighted by Crippen LogP contribution is -2.31. The number of hydrogen-bond acceptors (Lipinski definition) is 3. The minimum atomic E-state index is -0.492. The van der Waals surface area contributed by atoms with Crippen LogP contribution in [0.5, 0.6) is 0 Å². The van der Waals surface area contributed by atoms with Crippen molar-refractivity contribution in [1.29, 1.82) is 0 Å². The molecule has 1 atom stereocenters. The van der Waals surface area contributed by atoms with Crippen molar-refractivity contribution in [2.24, 2.45) is 5.41 Å². The van der Waals surface area contributed by atoms with Gasteiger partial charge in [-0.15, -0.1) is 5.06 Å². The second-order valence-corrected chi connectivity index (χ2v) is 7.09. The van der Waals surface area contributed by atoms with Gasteiger partial charge in [0, 0.05) is 5.41 Å². The van der Waals surface area contributed by atoms with Gasteiger partial charge in [0.05, 0.1) is 0 Å². The minimum absolute atomic E-state index is 0.193. The molecule has 0 radical (unpaired) electrons. The highest BCUT2D eigenvalue weighted by Gasteiger charge is 2.37. The van der Waals surface area contributed by atoms with Crippen molar-refractivity contribution in [3.63, 3.8) is 0 Å². The maximum Gasteiger partial charge on any atom is 0.444 e. The number of amides is 1. The van der Waals surface area contributed by atoms with Crippen LogP contribution in [0.25, 0.3) is 0 Å². The predicted octanol–water partition coefficient (Wildman–Crippen LogP) is 5.24. The molecule has 0 spiro atoms. The molecule has 2 aromatic carbocycles. The van der Waals surface area contributed by atoms with E-state index in [0.29, 0.717) is 0 Å². The molecule has 1 aliphatic rings. The molecule has 130 valence electrons. The zero-order valence-electron chi connectivity index (χ0n) is 14.8. The topological polar surface area (TPSA) is 38.8 Å². The monoisotopic (exact) mass is 337 g/mol. The number of rotatable bonds is 3. The molecule has 4 heteroatoms. The summed E-state index contributed by atoms with van der Waals surface area (Å²) in [7, 11) is 0. The molecule has 25 heavy (non-hydrogen) atoms. The van der Waals surface area contributed by atoms with Gasteiger partial charge >= 0.3 is 6.09 Å². The van der Waals surface area contributed by atoms with Crippen LogP contribution in [0.3, 0.4) is 0 Å².